The highest BCUT2D eigenvalue weighted by Crippen LogP contribution is 2.32. The number of halogens is 3. The van der Waals surface area contributed by atoms with E-state index in [1.807, 2.05) is 0 Å². The fraction of sp³-hybridized carbons (Fsp3) is 0.385. The zero-order chi connectivity index (χ0) is 15.6. The highest BCUT2D eigenvalue weighted by molar-refractivity contribution is 5.90. The zero-order valence-corrected chi connectivity index (χ0v) is 11.5. The van der Waals surface area contributed by atoms with Crippen molar-refractivity contribution in [1.29, 1.82) is 0 Å². The molecule has 0 fully saturated rings. The van der Waals surface area contributed by atoms with Gasteiger partial charge in [-0.3, -0.25) is 0 Å². The van der Waals surface area contributed by atoms with Crippen LogP contribution in [0.5, 0.6) is 5.75 Å². The average molecular weight is 301 g/mol. The van der Waals surface area contributed by atoms with Crippen LogP contribution in [0.2, 0.25) is 0 Å². The van der Waals surface area contributed by atoms with Gasteiger partial charge in [-0.05, 0) is 12.1 Å². The fourth-order valence-electron chi connectivity index (χ4n) is 1.89. The van der Waals surface area contributed by atoms with Gasteiger partial charge >= 0.3 is 6.18 Å². The Labute approximate surface area is 119 Å². The molecule has 0 aliphatic rings. The van der Waals surface area contributed by atoms with Crippen molar-refractivity contribution in [3.8, 4) is 5.75 Å². The number of benzene rings is 1. The van der Waals surface area contributed by atoms with Crippen LogP contribution in [-0.4, -0.2) is 42.4 Å². The molecule has 21 heavy (non-hydrogen) atoms. The fourth-order valence-corrected chi connectivity index (χ4v) is 1.89. The Morgan fingerprint density at radius 2 is 2.00 bits per heavy atom. The van der Waals surface area contributed by atoms with Crippen molar-refractivity contribution < 1.29 is 23.0 Å². The van der Waals surface area contributed by atoms with Gasteiger partial charge in [-0.25, -0.2) is 9.97 Å². The molecule has 0 amide bonds. The van der Waals surface area contributed by atoms with Gasteiger partial charge in [0, 0.05) is 25.0 Å². The lowest BCUT2D eigenvalue weighted by Crippen LogP contribution is -2.24. The standard InChI is InChI=1S/C13H14F3N3O2/c1-19(5-6-20)11-9-4-3-8(21-2)7-10(9)17-12(18-11)13(14,15)16/h3-4,7,20H,5-6H2,1-2H3. The molecule has 1 aromatic carbocycles. The predicted molar refractivity (Wildman–Crippen MR) is 71.4 cm³/mol. The number of ether oxygens (including phenoxy) is 1. The minimum Gasteiger partial charge on any atom is -0.497 e. The number of hydrogen-bond donors (Lipinski definition) is 1. The lowest BCUT2D eigenvalue weighted by molar-refractivity contribution is -0.144. The minimum absolute atomic E-state index is 0.115. The molecule has 0 bridgehead atoms. The molecule has 0 aliphatic heterocycles. The number of alkyl halides is 3. The number of hydrogen-bond acceptors (Lipinski definition) is 5. The zero-order valence-electron chi connectivity index (χ0n) is 11.5. The summed E-state index contributed by atoms with van der Waals surface area (Å²) in [6.45, 7) is -0.0328. The molecular weight excluding hydrogens is 287 g/mol. The quantitative estimate of drug-likeness (QED) is 0.937. The van der Waals surface area contributed by atoms with Gasteiger partial charge in [-0.2, -0.15) is 13.2 Å². The molecule has 0 saturated carbocycles. The topological polar surface area (TPSA) is 58.5 Å². The Kier molecular flexibility index (Phi) is 4.17. The highest BCUT2D eigenvalue weighted by Gasteiger charge is 2.36. The largest absolute Gasteiger partial charge is 0.497 e. The number of aliphatic hydroxyl groups is 1. The number of anilines is 1. The number of aliphatic hydroxyl groups excluding tert-OH is 1. The first kappa shape index (κ1) is 15.3. The first-order valence-electron chi connectivity index (χ1n) is 6.12. The van der Waals surface area contributed by atoms with Crippen molar-refractivity contribution in [3.05, 3.63) is 24.0 Å². The van der Waals surface area contributed by atoms with Crippen LogP contribution in [0.1, 0.15) is 5.82 Å². The first-order chi connectivity index (χ1) is 9.86. The SMILES string of the molecule is COc1ccc2c(N(C)CCO)nc(C(F)(F)F)nc2c1. The Bertz CT molecular complexity index is 646. The Morgan fingerprint density at radius 1 is 1.29 bits per heavy atom. The van der Waals surface area contributed by atoms with Crippen molar-refractivity contribution in [2.24, 2.45) is 0 Å². The summed E-state index contributed by atoms with van der Waals surface area (Å²) in [4.78, 5) is 8.59. The van der Waals surface area contributed by atoms with Crippen LogP contribution < -0.4 is 9.64 Å². The van der Waals surface area contributed by atoms with Crippen LogP contribution in [0.4, 0.5) is 19.0 Å². The van der Waals surface area contributed by atoms with Gasteiger partial charge in [-0.15, -0.1) is 0 Å². The summed E-state index contributed by atoms with van der Waals surface area (Å²) >= 11 is 0. The third kappa shape index (κ3) is 3.15. The van der Waals surface area contributed by atoms with Crippen LogP contribution in [0, 0.1) is 0 Å². The molecule has 2 rings (SSSR count). The van der Waals surface area contributed by atoms with E-state index in [0.717, 1.165) is 0 Å². The third-order valence-electron chi connectivity index (χ3n) is 2.93. The average Bonchev–Trinajstić information content (AvgIpc) is 2.44. The number of aromatic nitrogens is 2. The Hall–Kier alpha value is -2.09. The number of methoxy groups -OCH3 is 1. The molecule has 8 heteroatoms. The Morgan fingerprint density at radius 3 is 2.57 bits per heavy atom. The molecular formula is C13H14F3N3O2. The minimum atomic E-state index is -4.65. The molecule has 0 spiro atoms. The molecule has 0 aliphatic carbocycles. The summed E-state index contributed by atoms with van der Waals surface area (Å²) in [5, 5.41) is 9.41. The van der Waals surface area contributed by atoms with Gasteiger partial charge in [0.25, 0.3) is 0 Å². The van der Waals surface area contributed by atoms with Crippen LogP contribution in [0.15, 0.2) is 18.2 Å². The number of rotatable bonds is 4. The molecule has 0 atom stereocenters. The summed E-state index contributed by atoms with van der Waals surface area (Å²) < 4.78 is 43.7. The van der Waals surface area contributed by atoms with Crippen molar-refractivity contribution in [2.45, 2.75) is 6.18 Å². The number of likely N-dealkylation sites (N-methyl/N-ethyl adjacent to an activating group) is 1. The summed E-state index contributed by atoms with van der Waals surface area (Å²) in [5.41, 5.74) is 0.136. The van der Waals surface area contributed by atoms with Crippen LogP contribution >= 0.6 is 0 Å². The van der Waals surface area contributed by atoms with E-state index in [9.17, 15) is 13.2 Å². The maximum absolute atomic E-state index is 12.9. The van der Waals surface area contributed by atoms with E-state index in [4.69, 9.17) is 9.84 Å². The van der Waals surface area contributed by atoms with Gasteiger partial charge in [0.15, 0.2) is 0 Å². The predicted octanol–water partition coefficient (Wildman–Crippen LogP) is 2.09. The smallest absolute Gasteiger partial charge is 0.451 e. The monoisotopic (exact) mass is 301 g/mol. The molecule has 0 unspecified atom stereocenters. The van der Waals surface area contributed by atoms with Crippen molar-refractivity contribution in [3.63, 3.8) is 0 Å². The molecule has 1 heterocycles. The van der Waals surface area contributed by atoms with Crippen LogP contribution in [0.3, 0.4) is 0 Å². The molecule has 0 radical (unpaired) electrons. The number of nitrogens with zero attached hydrogens (tertiary/aromatic N) is 3. The van der Waals surface area contributed by atoms with Crippen LogP contribution in [-0.2, 0) is 6.18 Å². The van der Waals surface area contributed by atoms with E-state index < -0.39 is 12.0 Å². The Balaban J connectivity index is 2.68. The van der Waals surface area contributed by atoms with E-state index in [0.29, 0.717) is 11.1 Å². The lowest BCUT2D eigenvalue weighted by atomic mass is 10.2. The highest BCUT2D eigenvalue weighted by atomic mass is 19.4. The number of fused-ring (bicyclic) bond motifs is 1. The molecule has 0 saturated heterocycles. The maximum Gasteiger partial charge on any atom is 0.451 e. The van der Waals surface area contributed by atoms with Crippen molar-refractivity contribution in [2.75, 3.05) is 32.2 Å². The van der Waals surface area contributed by atoms with E-state index in [1.54, 1.807) is 19.2 Å². The molecule has 2 aromatic rings. The second-order valence-corrected chi connectivity index (χ2v) is 4.40. The van der Waals surface area contributed by atoms with Gasteiger partial charge in [0.2, 0.25) is 5.82 Å². The molecule has 1 N–H and O–H groups in total. The normalized spacial score (nSPS) is 11.7. The molecule has 1 aromatic heterocycles. The molecule has 5 nitrogen and oxygen atoms in total. The van der Waals surface area contributed by atoms with Gasteiger partial charge in [0.05, 0.1) is 19.2 Å². The van der Waals surface area contributed by atoms with E-state index in [1.165, 1.54) is 18.1 Å². The second-order valence-electron chi connectivity index (χ2n) is 4.40. The van der Waals surface area contributed by atoms with Gasteiger partial charge < -0.3 is 14.7 Å². The maximum atomic E-state index is 12.9. The van der Waals surface area contributed by atoms with Gasteiger partial charge in [0.1, 0.15) is 11.6 Å². The second kappa shape index (κ2) is 5.72. The lowest BCUT2D eigenvalue weighted by Gasteiger charge is -2.20. The summed E-state index contributed by atoms with van der Waals surface area (Å²) in [7, 11) is 2.98. The van der Waals surface area contributed by atoms with Gasteiger partial charge in [-0.1, -0.05) is 0 Å². The third-order valence-corrected chi connectivity index (χ3v) is 2.93. The first-order valence-corrected chi connectivity index (χ1v) is 6.12. The summed E-state index contributed by atoms with van der Waals surface area (Å²) in [6.07, 6.45) is -4.65. The van der Waals surface area contributed by atoms with E-state index >= 15 is 0 Å². The van der Waals surface area contributed by atoms with E-state index in [-0.39, 0.29) is 24.5 Å². The van der Waals surface area contributed by atoms with E-state index in [2.05, 4.69) is 9.97 Å². The molecule has 114 valence electrons. The van der Waals surface area contributed by atoms with Crippen molar-refractivity contribution >= 4 is 16.7 Å². The summed E-state index contributed by atoms with van der Waals surface area (Å²) in [5.74, 6) is -0.697. The van der Waals surface area contributed by atoms with Crippen LogP contribution in [0.25, 0.3) is 10.9 Å². The summed E-state index contributed by atoms with van der Waals surface area (Å²) in [6, 6.07) is 4.63. The van der Waals surface area contributed by atoms with Crippen molar-refractivity contribution in [1.82, 2.24) is 9.97 Å².